The van der Waals surface area contributed by atoms with Crippen LogP contribution in [0.25, 0.3) is 0 Å². The number of hydrogen-bond acceptors (Lipinski definition) is 4. The van der Waals surface area contributed by atoms with Gasteiger partial charge in [-0.25, -0.2) is 0 Å². The fourth-order valence-corrected chi connectivity index (χ4v) is 2.23. The second kappa shape index (κ2) is 4.24. The predicted octanol–water partition coefficient (Wildman–Crippen LogP) is 2.53. The molecule has 3 rings (SSSR count). The molecule has 2 aromatic rings. The third-order valence-corrected chi connectivity index (χ3v) is 3.17. The largest absolute Gasteiger partial charge is 0.408 e. The second-order valence-electron chi connectivity index (χ2n) is 4.26. The van der Waals surface area contributed by atoms with Crippen molar-refractivity contribution in [2.75, 3.05) is 5.32 Å². The number of rotatable bonds is 3. The summed E-state index contributed by atoms with van der Waals surface area (Å²) in [6.45, 7) is 1.67. The lowest BCUT2D eigenvalue weighted by Crippen LogP contribution is -2.16. The summed E-state index contributed by atoms with van der Waals surface area (Å²) < 4.78 is 7.99. The van der Waals surface area contributed by atoms with E-state index in [4.69, 9.17) is 4.42 Å². The molecule has 6 nitrogen and oxygen atoms in total. The van der Waals surface area contributed by atoms with Gasteiger partial charge in [-0.1, -0.05) is 5.10 Å². The van der Waals surface area contributed by atoms with Gasteiger partial charge >= 0.3 is 6.01 Å². The minimum atomic E-state index is -0.240. The van der Waals surface area contributed by atoms with Crippen LogP contribution in [0.4, 0.5) is 6.01 Å². The Labute approximate surface area is 112 Å². The molecule has 1 amide bonds. The summed E-state index contributed by atoms with van der Waals surface area (Å²) in [5, 5.41) is 9.99. The molecule has 1 saturated carbocycles. The second-order valence-corrected chi connectivity index (χ2v) is 5.18. The molecule has 18 heavy (non-hydrogen) atoms. The predicted molar refractivity (Wildman–Crippen MR) is 67.4 cm³/mol. The van der Waals surface area contributed by atoms with Crippen LogP contribution in [0.15, 0.2) is 21.2 Å². The molecule has 0 aromatic carbocycles. The highest BCUT2D eigenvalue weighted by Crippen LogP contribution is 2.37. The molecule has 0 bridgehead atoms. The topological polar surface area (TPSA) is 73.0 Å². The number of carbonyl (C=O) groups excluding carboxylic acids is 1. The van der Waals surface area contributed by atoms with E-state index in [0.717, 1.165) is 17.3 Å². The Kier molecular flexibility index (Phi) is 2.70. The van der Waals surface area contributed by atoms with Gasteiger partial charge in [0.15, 0.2) is 0 Å². The van der Waals surface area contributed by atoms with Crippen LogP contribution in [-0.4, -0.2) is 20.7 Å². The number of amides is 1. The van der Waals surface area contributed by atoms with E-state index in [-0.39, 0.29) is 11.9 Å². The minimum absolute atomic E-state index is 0.122. The molecule has 7 heteroatoms. The average molecular weight is 311 g/mol. The Bertz CT molecular complexity index is 600. The zero-order valence-electron chi connectivity index (χ0n) is 9.68. The van der Waals surface area contributed by atoms with Gasteiger partial charge in [0.05, 0.1) is 0 Å². The molecular weight excluding hydrogens is 300 g/mol. The smallest absolute Gasteiger partial charge is 0.322 e. The lowest BCUT2D eigenvalue weighted by atomic mass is 10.4. The number of nitrogens with one attached hydrogen (secondary N) is 1. The fraction of sp³-hybridized carbons (Fsp3) is 0.364. The van der Waals surface area contributed by atoms with Crippen molar-refractivity contribution >= 4 is 27.9 Å². The van der Waals surface area contributed by atoms with Crippen LogP contribution in [0.3, 0.4) is 0 Å². The summed E-state index contributed by atoms with van der Waals surface area (Å²) in [7, 11) is 0. The van der Waals surface area contributed by atoms with Crippen molar-refractivity contribution in [1.82, 2.24) is 14.8 Å². The van der Waals surface area contributed by atoms with Crippen LogP contribution in [0.1, 0.15) is 35.3 Å². The third-order valence-electron chi connectivity index (χ3n) is 2.73. The van der Waals surface area contributed by atoms with Crippen LogP contribution >= 0.6 is 15.9 Å². The summed E-state index contributed by atoms with van der Waals surface area (Å²) in [6.07, 6.45) is 4.15. The molecule has 2 aromatic heterocycles. The van der Waals surface area contributed by atoms with Gasteiger partial charge < -0.3 is 8.98 Å². The molecule has 0 unspecified atom stereocenters. The Hall–Kier alpha value is -1.63. The van der Waals surface area contributed by atoms with Crippen molar-refractivity contribution < 1.29 is 9.21 Å². The quantitative estimate of drug-likeness (QED) is 0.945. The van der Waals surface area contributed by atoms with Gasteiger partial charge in [0, 0.05) is 23.6 Å². The SMILES string of the molecule is Cc1nnc(NC(=O)c2cc(Br)cn2C2CC2)o1. The highest BCUT2D eigenvalue weighted by atomic mass is 79.9. The number of halogens is 1. The van der Waals surface area contributed by atoms with E-state index in [9.17, 15) is 4.79 Å². The number of aromatic nitrogens is 3. The van der Waals surface area contributed by atoms with E-state index >= 15 is 0 Å². The maximum atomic E-state index is 12.1. The van der Waals surface area contributed by atoms with E-state index < -0.39 is 0 Å². The standard InChI is InChI=1S/C11H11BrN4O2/c1-6-14-15-11(18-6)13-10(17)9-4-7(12)5-16(9)8-2-3-8/h4-5,8H,2-3H2,1H3,(H,13,15,17). The first-order valence-corrected chi connectivity index (χ1v) is 6.41. The number of aryl methyl sites for hydroxylation is 1. The van der Waals surface area contributed by atoms with Crippen LogP contribution in [0.2, 0.25) is 0 Å². The van der Waals surface area contributed by atoms with Crippen molar-refractivity contribution in [3.05, 3.63) is 28.3 Å². The molecule has 0 radical (unpaired) electrons. The normalized spacial score (nSPS) is 14.8. The van der Waals surface area contributed by atoms with E-state index in [0.29, 0.717) is 17.6 Å². The summed E-state index contributed by atoms with van der Waals surface area (Å²) in [5.74, 6) is 0.181. The summed E-state index contributed by atoms with van der Waals surface area (Å²) in [5.41, 5.74) is 0.597. The first kappa shape index (κ1) is 11.5. The number of nitrogens with zero attached hydrogens (tertiary/aromatic N) is 3. The molecule has 0 atom stereocenters. The minimum Gasteiger partial charge on any atom is -0.408 e. The van der Waals surface area contributed by atoms with E-state index in [1.165, 1.54) is 0 Å². The molecule has 1 fully saturated rings. The Morgan fingerprint density at radius 1 is 1.56 bits per heavy atom. The number of carbonyl (C=O) groups is 1. The third kappa shape index (κ3) is 2.17. The molecule has 0 spiro atoms. The fourth-order valence-electron chi connectivity index (χ4n) is 1.79. The Morgan fingerprint density at radius 2 is 2.33 bits per heavy atom. The van der Waals surface area contributed by atoms with Crippen molar-refractivity contribution in [1.29, 1.82) is 0 Å². The molecule has 94 valence electrons. The highest BCUT2D eigenvalue weighted by Gasteiger charge is 2.28. The summed E-state index contributed by atoms with van der Waals surface area (Å²) in [6, 6.07) is 2.34. The summed E-state index contributed by atoms with van der Waals surface area (Å²) in [4.78, 5) is 12.1. The van der Waals surface area contributed by atoms with Gasteiger partial charge in [0.1, 0.15) is 5.69 Å². The maximum Gasteiger partial charge on any atom is 0.322 e. The molecule has 1 aliphatic carbocycles. The lowest BCUT2D eigenvalue weighted by molar-refractivity contribution is 0.101. The summed E-state index contributed by atoms with van der Waals surface area (Å²) >= 11 is 3.38. The van der Waals surface area contributed by atoms with Gasteiger partial charge in [0.25, 0.3) is 5.91 Å². The zero-order valence-corrected chi connectivity index (χ0v) is 11.3. The highest BCUT2D eigenvalue weighted by molar-refractivity contribution is 9.10. The Balaban J connectivity index is 1.83. The van der Waals surface area contributed by atoms with Gasteiger partial charge in [-0.3, -0.25) is 10.1 Å². The van der Waals surface area contributed by atoms with Crippen LogP contribution < -0.4 is 5.32 Å². The maximum absolute atomic E-state index is 12.1. The molecule has 1 N–H and O–H groups in total. The van der Waals surface area contributed by atoms with Crippen LogP contribution in [0.5, 0.6) is 0 Å². The van der Waals surface area contributed by atoms with Crippen molar-refractivity contribution in [2.45, 2.75) is 25.8 Å². The Morgan fingerprint density at radius 3 is 2.94 bits per heavy atom. The molecule has 0 saturated heterocycles. The lowest BCUT2D eigenvalue weighted by Gasteiger charge is -2.05. The number of hydrogen-bond donors (Lipinski definition) is 1. The zero-order chi connectivity index (χ0) is 12.7. The molecular formula is C11H11BrN4O2. The van der Waals surface area contributed by atoms with Crippen molar-refractivity contribution in [3.63, 3.8) is 0 Å². The number of anilines is 1. The van der Waals surface area contributed by atoms with E-state index in [2.05, 4.69) is 31.4 Å². The van der Waals surface area contributed by atoms with Gasteiger partial charge in [-0.15, -0.1) is 5.10 Å². The average Bonchev–Trinajstić information content (AvgIpc) is 2.98. The molecule has 1 aliphatic rings. The van der Waals surface area contributed by atoms with Gasteiger partial charge in [-0.2, -0.15) is 0 Å². The van der Waals surface area contributed by atoms with Crippen LogP contribution in [0, 0.1) is 6.92 Å². The van der Waals surface area contributed by atoms with Crippen molar-refractivity contribution in [2.24, 2.45) is 0 Å². The van der Waals surface area contributed by atoms with Crippen LogP contribution in [-0.2, 0) is 0 Å². The van der Waals surface area contributed by atoms with Crippen molar-refractivity contribution in [3.8, 4) is 0 Å². The first-order chi connectivity index (χ1) is 8.63. The molecule has 2 heterocycles. The van der Waals surface area contributed by atoms with Gasteiger partial charge in [-0.05, 0) is 34.8 Å². The first-order valence-electron chi connectivity index (χ1n) is 5.62. The van der Waals surface area contributed by atoms with E-state index in [1.807, 2.05) is 10.8 Å². The monoisotopic (exact) mass is 310 g/mol. The molecule has 0 aliphatic heterocycles. The van der Waals surface area contributed by atoms with E-state index in [1.54, 1.807) is 13.0 Å². The van der Waals surface area contributed by atoms with Gasteiger partial charge in [0.2, 0.25) is 5.89 Å².